The van der Waals surface area contributed by atoms with Crippen LogP contribution >= 0.6 is 11.8 Å². The maximum atomic E-state index is 6.14. The summed E-state index contributed by atoms with van der Waals surface area (Å²) in [6.45, 7) is 2.74. The Kier molecular flexibility index (Phi) is 3.54. The fourth-order valence-corrected chi connectivity index (χ4v) is 2.99. The van der Waals surface area contributed by atoms with Crippen molar-refractivity contribution in [2.75, 3.05) is 12.4 Å². The summed E-state index contributed by atoms with van der Waals surface area (Å²) >= 11 is 1.94. The fourth-order valence-electron chi connectivity index (χ4n) is 1.92. The molecule has 0 aromatic heterocycles. The molecule has 82 valence electrons. The average Bonchev–Trinajstić information content (AvgIpc) is 2.43. The second-order valence-electron chi connectivity index (χ2n) is 3.70. The molecule has 0 spiro atoms. The molecule has 1 heterocycles. The molecular formula is C12H17NOS. The minimum atomic E-state index is 0.176. The number of benzene rings is 1. The number of hydrogen-bond acceptors (Lipinski definition) is 3. The zero-order valence-electron chi connectivity index (χ0n) is 9.03. The second-order valence-corrected chi connectivity index (χ2v) is 4.81. The summed E-state index contributed by atoms with van der Waals surface area (Å²) in [5, 5.41) is 0. The molecule has 0 radical (unpaired) electrons. The van der Waals surface area contributed by atoms with Crippen LogP contribution in [0.2, 0.25) is 0 Å². The lowest BCUT2D eigenvalue weighted by atomic mass is 9.99. The van der Waals surface area contributed by atoms with E-state index in [9.17, 15) is 0 Å². The summed E-state index contributed by atoms with van der Waals surface area (Å²) in [6, 6.07) is 6.39. The van der Waals surface area contributed by atoms with Gasteiger partial charge in [0.2, 0.25) is 0 Å². The molecule has 2 nitrogen and oxygen atoms in total. The molecule has 0 saturated heterocycles. The molecule has 1 unspecified atom stereocenters. The second kappa shape index (κ2) is 4.90. The van der Waals surface area contributed by atoms with Crippen molar-refractivity contribution < 1.29 is 4.74 Å². The maximum Gasteiger partial charge on any atom is 0.123 e. The molecule has 0 bridgehead atoms. The van der Waals surface area contributed by atoms with E-state index in [0.29, 0.717) is 0 Å². The largest absolute Gasteiger partial charge is 0.494 e. The van der Waals surface area contributed by atoms with E-state index in [1.165, 1.54) is 11.1 Å². The van der Waals surface area contributed by atoms with E-state index in [1.807, 2.05) is 30.8 Å². The van der Waals surface area contributed by atoms with E-state index in [2.05, 4.69) is 6.07 Å². The topological polar surface area (TPSA) is 35.2 Å². The summed E-state index contributed by atoms with van der Waals surface area (Å²) in [5.74, 6) is 3.18. The first-order chi connectivity index (χ1) is 7.33. The van der Waals surface area contributed by atoms with Crippen LogP contribution in [-0.4, -0.2) is 12.4 Å². The lowest BCUT2D eigenvalue weighted by Crippen LogP contribution is -2.12. The minimum absolute atomic E-state index is 0.176. The first kappa shape index (κ1) is 10.8. The molecule has 1 aromatic rings. The molecule has 2 N–H and O–H groups in total. The van der Waals surface area contributed by atoms with Crippen LogP contribution in [-0.2, 0) is 5.75 Å². The molecule has 2 rings (SSSR count). The monoisotopic (exact) mass is 223 g/mol. The predicted octanol–water partition coefficient (Wildman–Crippen LogP) is 2.72. The van der Waals surface area contributed by atoms with Crippen LogP contribution in [0.15, 0.2) is 18.2 Å². The summed E-state index contributed by atoms with van der Waals surface area (Å²) in [7, 11) is 0. The molecule has 0 saturated carbocycles. The molecule has 1 aliphatic heterocycles. The Labute approximate surface area is 95.2 Å². The summed E-state index contributed by atoms with van der Waals surface area (Å²) in [5.41, 5.74) is 8.71. The fraction of sp³-hybridized carbons (Fsp3) is 0.500. The van der Waals surface area contributed by atoms with Gasteiger partial charge >= 0.3 is 0 Å². The van der Waals surface area contributed by atoms with Gasteiger partial charge in [-0.3, -0.25) is 0 Å². The van der Waals surface area contributed by atoms with E-state index >= 15 is 0 Å². The van der Waals surface area contributed by atoms with Gasteiger partial charge in [0.15, 0.2) is 0 Å². The zero-order chi connectivity index (χ0) is 10.7. The number of ether oxygens (including phenoxy) is 1. The minimum Gasteiger partial charge on any atom is -0.494 e. The van der Waals surface area contributed by atoms with Crippen LogP contribution in [0, 0.1) is 0 Å². The zero-order valence-corrected chi connectivity index (χ0v) is 9.85. The van der Waals surface area contributed by atoms with E-state index < -0.39 is 0 Å². The van der Waals surface area contributed by atoms with Crippen molar-refractivity contribution in [2.45, 2.75) is 25.1 Å². The average molecular weight is 223 g/mol. The van der Waals surface area contributed by atoms with E-state index in [0.717, 1.165) is 30.3 Å². The summed E-state index contributed by atoms with van der Waals surface area (Å²) < 4.78 is 5.64. The Morgan fingerprint density at radius 3 is 3.20 bits per heavy atom. The molecule has 1 aromatic carbocycles. The third-order valence-corrected chi connectivity index (χ3v) is 3.71. The van der Waals surface area contributed by atoms with Gasteiger partial charge in [-0.05, 0) is 30.7 Å². The van der Waals surface area contributed by atoms with Gasteiger partial charge in [0.05, 0.1) is 6.61 Å². The van der Waals surface area contributed by atoms with Gasteiger partial charge < -0.3 is 10.5 Å². The van der Waals surface area contributed by atoms with Crippen molar-refractivity contribution in [3.63, 3.8) is 0 Å². The van der Waals surface area contributed by atoms with Gasteiger partial charge in [-0.1, -0.05) is 12.1 Å². The van der Waals surface area contributed by atoms with Crippen molar-refractivity contribution in [3.05, 3.63) is 29.3 Å². The highest BCUT2D eigenvalue weighted by Gasteiger charge is 2.18. The van der Waals surface area contributed by atoms with Crippen molar-refractivity contribution in [3.8, 4) is 5.75 Å². The van der Waals surface area contributed by atoms with Gasteiger partial charge in [-0.2, -0.15) is 11.8 Å². The molecular weight excluding hydrogens is 206 g/mol. The molecule has 3 heteroatoms. The van der Waals surface area contributed by atoms with Crippen LogP contribution in [0.4, 0.5) is 0 Å². The lowest BCUT2D eigenvalue weighted by molar-refractivity contribution is 0.337. The number of nitrogens with two attached hydrogens (primary N) is 1. The third-order valence-electron chi connectivity index (χ3n) is 2.69. The standard InChI is InChI=1S/C12H17NOS/c1-2-14-12-5-3-4-9-10(12)8-15-7-6-11(9)13/h3-5,11H,2,6-8,13H2,1H3. The van der Waals surface area contributed by atoms with Gasteiger partial charge in [-0.15, -0.1) is 0 Å². The molecule has 1 aliphatic rings. The van der Waals surface area contributed by atoms with Crippen molar-refractivity contribution in [1.82, 2.24) is 0 Å². The van der Waals surface area contributed by atoms with Gasteiger partial charge in [0.1, 0.15) is 5.75 Å². The number of hydrogen-bond donors (Lipinski definition) is 1. The van der Waals surface area contributed by atoms with E-state index in [-0.39, 0.29) is 6.04 Å². The first-order valence-electron chi connectivity index (χ1n) is 5.41. The first-order valence-corrected chi connectivity index (χ1v) is 6.56. The molecule has 0 aliphatic carbocycles. The predicted molar refractivity (Wildman–Crippen MR) is 65.3 cm³/mol. The van der Waals surface area contributed by atoms with Crippen LogP contribution in [0.1, 0.15) is 30.5 Å². The van der Waals surface area contributed by atoms with Crippen LogP contribution in [0.3, 0.4) is 0 Å². The van der Waals surface area contributed by atoms with Crippen molar-refractivity contribution in [1.29, 1.82) is 0 Å². The summed E-state index contributed by atoms with van der Waals surface area (Å²) in [4.78, 5) is 0. The summed E-state index contributed by atoms with van der Waals surface area (Å²) in [6.07, 6.45) is 1.06. The smallest absolute Gasteiger partial charge is 0.123 e. The van der Waals surface area contributed by atoms with Gasteiger partial charge in [0, 0.05) is 17.4 Å². The Morgan fingerprint density at radius 1 is 1.53 bits per heavy atom. The highest BCUT2D eigenvalue weighted by Crippen LogP contribution is 2.34. The number of rotatable bonds is 2. The number of thioether (sulfide) groups is 1. The number of fused-ring (bicyclic) bond motifs is 1. The SMILES string of the molecule is CCOc1cccc2c1CSCCC2N. The highest BCUT2D eigenvalue weighted by molar-refractivity contribution is 7.98. The Bertz CT molecular complexity index is 340. The Balaban J connectivity index is 2.39. The lowest BCUT2D eigenvalue weighted by Gasteiger charge is -2.15. The van der Waals surface area contributed by atoms with Crippen molar-refractivity contribution >= 4 is 11.8 Å². The molecule has 0 fully saturated rings. The van der Waals surface area contributed by atoms with Crippen molar-refractivity contribution in [2.24, 2.45) is 5.73 Å². The molecule has 0 amide bonds. The van der Waals surface area contributed by atoms with Gasteiger partial charge in [0.25, 0.3) is 0 Å². The van der Waals surface area contributed by atoms with E-state index in [1.54, 1.807) is 0 Å². The van der Waals surface area contributed by atoms with E-state index in [4.69, 9.17) is 10.5 Å². The Morgan fingerprint density at radius 2 is 2.40 bits per heavy atom. The molecule has 1 atom stereocenters. The maximum absolute atomic E-state index is 6.14. The third kappa shape index (κ3) is 2.29. The quantitative estimate of drug-likeness (QED) is 0.837. The van der Waals surface area contributed by atoms with Crippen LogP contribution in [0.25, 0.3) is 0 Å². The highest BCUT2D eigenvalue weighted by atomic mass is 32.2. The van der Waals surface area contributed by atoms with Gasteiger partial charge in [-0.25, -0.2) is 0 Å². The normalized spacial score (nSPS) is 20.5. The Hall–Kier alpha value is -0.670. The molecule has 15 heavy (non-hydrogen) atoms. The van der Waals surface area contributed by atoms with Crippen LogP contribution in [0.5, 0.6) is 5.75 Å². The van der Waals surface area contributed by atoms with Crippen LogP contribution < -0.4 is 10.5 Å².